The highest BCUT2D eigenvalue weighted by Crippen LogP contribution is 2.39. The summed E-state index contributed by atoms with van der Waals surface area (Å²) < 4.78 is 12.8. The number of para-hydroxylation sites is 1. The molecule has 1 atom stereocenters. The summed E-state index contributed by atoms with van der Waals surface area (Å²) in [4.78, 5) is 0. The number of rotatable bonds is 9. The van der Waals surface area contributed by atoms with Crippen molar-refractivity contribution in [2.75, 3.05) is 6.61 Å². The first-order chi connectivity index (χ1) is 12.0. The molecule has 2 nitrogen and oxygen atoms in total. The second-order valence-electron chi connectivity index (χ2n) is 7.20. The van der Waals surface area contributed by atoms with E-state index in [4.69, 9.17) is 9.16 Å². The molecule has 0 spiro atoms. The summed E-state index contributed by atoms with van der Waals surface area (Å²) in [7, 11) is -1.66. The smallest absolute Gasteiger partial charge is 0.250 e. The Kier molecular flexibility index (Phi) is 7.36. The predicted octanol–water partition coefficient (Wildman–Crippen LogP) is 6.72. The van der Waals surface area contributed by atoms with E-state index in [2.05, 4.69) is 34.3 Å². The summed E-state index contributed by atoms with van der Waals surface area (Å²) in [6, 6.07) is 13.5. The first-order valence-electron chi connectivity index (χ1n) is 9.79. The molecule has 0 radical (unpaired) electrons. The van der Waals surface area contributed by atoms with E-state index in [0.717, 1.165) is 24.2 Å². The maximum Gasteiger partial charge on any atom is 0.250 e. The average Bonchev–Trinajstić information content (AvgIpc) is 2.66. The Morgan fingerprint density at radius 2 is 1.76 bits per heavy atom. The van der Waals surface area contributed by atoms with Gasteiger partial charge in [-0.15, -0.1) is 0 Å². The van der Waals surface area contributed by atoms with Crippen LogP contribution in [0.4, 0.5) is 0 Å². The van der Waals surface area contributed by atoms with E-state index < -0.39 is 8.32 Å². The predicted molar refractivity (Wildman–Crippen MR) is 109 cm³/mol. The Balaban J connectivity index is 2.11. The van der Waals surface area contributed by atoms with E-state index in [0.29, 0.717) is 12.5 Å². The lowest BCUT2D eigenvalue weighted by molar-refractivity contribution is 0.285. The van der Waals surface area contributed by atoms with Crippen molar-refractivity contribution in [2.45, 2.75) is 65.1 Å². The highest BCUT2D eigenvalue weighted by atomic mass is 28.4. The van der Waals surface area contributed by atoms with Gasteiger partial charge in [0.15, 0.2) is 0 Å². The molecule has 0 saturated heterocycles. The van der Waals surface area contributed by atoms with Crippen molar-refractivity contribution < 1.29 is 9.16 Å². The third kappa shape index (κ3) is 5.01. The SMILES string of the molecule is C=C(COc1ccccc1)[C@H]1CCCC(C)=C1O[Si](CC)(CC)CC. The topological polar surface area (TPSA) is 18.5 Å². The Labute approximate surface area is 155 Å². The molecule has 0 amide bonds. The molecule has 0 aliphatic heterocycles. The van der Waals surface area contributed by atoms with Gasteiger partial charge in [-0.25, -0.2) is 0 Å². The van der Waals surface area contributed by atoms with Crippen molar-refractivity contribution in [1.82, 2.24) is 0 Å². The van der Waals surface area contributed by atoms with Crippen LogP contribution in [-0.2, 0) is 4.43 Å². The fourth-order valence-corrected chi connectivity index (χ4v) is 6.38. The molecule has 0 fully saturated rings. The van der Waals surface area contributed by atoms with Crippen molar-refractivity contribution in [3.63, 3.8) is 0 Å². The van der Waals surface area contributed by atoms with Gasteiger partial charge in [0, 0.05) is 5.92 Å². The van der Waals surface area contributed by atoms with E-state index in [1.165, 1.54) is 35.9 Å². The van der Waals surface area contributed by atoms with Crippen molar-refractivity contribution in [3.8, 4) is 5.75 Å². The normalized spacial score (nSPS) is 18.2. The van der Waals surface area contributed by atoms with Crippen molar-refractivity contribution in [2.24, 2.45) is 5.92 Å². The minimum Gasteiger partial charge on any atom is -0.546 e. The molecule has 0 aromatic heterocycles. The standard InChI is InChI=1S/C22H34O2Si/c1-6-25(7-2,8-3)24-22-18(4)13-12-16-21(22)19(5)17-23-20-14-10-9-11-15-20/h9-11,14-15,21H,5-8,12-13,16-17H2,1-4H3/t21-/m1/s1. The van der Waals surface area contributed by atoms with Gasteiger partial charge in [-0.1, -0.05) is 45.5 Å². The fraction of sp³-hybridized carbons (Fsp3) is 0.545. The second-order valence-corrected chi connectivity index (χ2v) is 11.9. The third-order valence-corrected chi connectivity index (χ3v) is 10.2. The molecule has 0 heterocycles. The zero-order valence-corrected chi connectivity index (χ0v) is 17.4. The van der Waals surface area contributed by atoms with Crippen molar-refractivity contribution in [3.05, 3.63) is 53.8 Å². The van der Waals surface area contributed by atoms with Gasteiger partial charge in [0.25, 0.3) is 0 Å². The van der Waals surface area contributed by atoms with Gasteiger partial charge in [-0.2, -0.15) is 0 Å². The van der Waals surface area contributed by atoms with E-state index in [9.17, 15) is 0 Å². The van der Waals surface area contributed by atoms with Crippen LogP contribution >= 0.6 is 0 Å². The van der Waals surface area contributed by atoms with Gasteiger partial charge in [0.05, 0.1) is 5.76 Å². The molecule has 0 saturated carbocycles. The van der Waals surface area contributed by atoms with Crippen LogP contribution in [0, 0.1) is 5.92 Å². The van der Waals surface area contributed by atoms with Crippen molar-refractivity contribution >= 4 is 8.32 Å². The second kappa shape index (κ2) is 9.28. The zero-order valence-electron chi connectivity index (χ0n) is 16.4. The molecular weight excluding hydrogens is 324 g/mol. The lowest BCUT2D eigenvalue weighted by atomic mass is 9.85. The minimum atomic E-state index is -1.66. The summed E-state index contributed by atoms with van der Waals surface area (Å²) in [6.07, 6.45) is 3.50. The highest BCUT2D eigenvalue weighted by molar-refractivity contribution is 6.73. The molecule has 0 N–H and O–H groups in total. The van der Waals surface area contributed by atoms with Crippen LogP contribution in [0.25, 0.3) is 0 Å². The molecular formula is C22H34O2Si. The summed E-state index contributed by atoms with van der Waals surface area (Å²) in [6.45, 7) is 14.0. The lowest BCUT2D eigenvalue weighted by Crippen LogP contribution is -2.38. The molecule has 2 rings (SSSR count). The van der Waals surface area contributed by atoms with Crippen LogP contribution in [-0.4, -0.2) is 14.9 Å². The van der Waals surface area contributed by atoms with Crippen LogP contribution in [0.5, 0.6) is 5.75 Å². The Morgan fingerprint density at radius 3 is 2.36 bits per heavy atom. The molecule has 1 aliphatic rings. The van der Waals surface area contributed by atoms with Crippen LogP contribution in [0.15, 0.2) is 53.8 Å². The summed E-state index contributed by atoms with van der Waals surface area (Å²) in [5, 5.41) is 0. The maximum atomic E-state index is 6.83. The zero-order chi connectivity index (χ0) is 18.3. The first kappa shape index (κ1) is 19.8. The molecule has 3 heteroatoms. The maximum absolute atomic E-state index is 6.83. The fourth-order valence-electron chi connectivity index (χ4n) is 3.66. The van der Waals surface area contributed by atoms with Gasteiger partial charge in [-0.3, -0.25) is 0 Å². The Hall–Kier alpha value is -1.48. The largest absolute Gasteiger partial charge is 0.546 e. The molecule has 1 aliphatic carbocycles. The van der Waals surface area contributed by atoms with Crippen molar-refractivity contribution in [1.29, 1.82) is 0 Å². The highest BCUT2D eigenvalue weighted by Gasteiger charge is 2.35. The molecule has 138 valence electrons. The molecule has 0 unspecified atom stereocenters. The van der Waals surface area contributed by atoms with E-state index in [1.807, 2.05) is 30.3 Å². The van der Waals surface area contributed by atoms with Gasteiger partial charge in [0.2, 0.25) is 8.32 Å². The van der Waals surface area contributed by atoms with Gasteiger partial charge < -0.3 is 9.16 Å². The lowest BCUT2D eigenvalue weighted by Gasteiger charge is -2.37. The Bertz CT molecular complexity index is 579. The van der Waals surface area contributed by atoms with Gasteiger partial charge in [0.1, 0.15) is 12.4 Å². The van der Waals surface area contributed by atoms with E-state index in [-0.39, 0.29) is 0 Å². The summed E-state index contributed by atoms with van der Waals surface area (Å²) in [5.41, 5.74) is 2.56. The van der Waals surface area contributed by atoms with E-state index >= 15 is 0 Å². The van der Waals surface area contributed by atoms with Gasteiger partial charge in [-0.05, 0) is 67.6 Å². The molecule has 0 bridgehead atoms. The molecule has 25 heavy (non-hydrogen) atoms. The van der Waals surface area contributed by atoms with Crippen LogP contribution < -0.4 is 4.74 Å². The number of allylic oxidation sites excluding steroid dienone is 2. The summed E-state index contributed by atoms with van der Waals surface area (Å²) >= 11 is 0. The van der Waals surface area contributed by atoms with Crippen LogP contribution in [0.3, 0.4) is 0 Å². The number of hydrogen-bond acceptors (Lipinski definition) is 2. The van der Waals surface area contributed by atoms with E-state index in [1.54, 1.807) is 0 Å². The number of hydrogen-bond donors (Lipinski definition) is 0. The Morgan fingerprint density at radius 1 is 1.12 bits per heavy atom. The minimum absolute atomic E-state index is 0.314. The first-order valence-corrected chi connectivity index (χ1v) is 12.3. The average molecular weight is 359 g/mol. The van der Waals surface area contributed by atoms with Crippen LogP contribution in [0.2, 0.25) is 18.1 Å². The molecule has 1 aromatic carbocycles. The number of benzene rings is 1. The summed E-state index contributed by atoms with van der Waals surface area (Å²) in [5.74, 6) is 2.45. The monoisotopic (exact) mass is 358 g/mol. The molecule has 1 aromatic rings. The number of ether oxygens (including phenoxy) is 1. The third-order valence-electron chi connectivity index (χ3n) is 5.70. The quantitative estimate of drug-likeness (QED) is 0.360. The van der Waals surface area contributed by atoms with Gasteiger partial charge >= 0.3 is 0 Å². The van der Waals surface area contributed by atoms with Crippen LogP contribution in [0.1, 0.15) is 47.0 Å².